The number of anilines is 1. The summed E-state index contributed by atoms with van der Waals surface area (Å²) in [5.41, 5.74) is 0.858. The van der Waals surface area contributed by atoms with Crippen LogP contribution in [0.1, 0.15) is 17.3 Å². The zero-order valence-electron chi connectivity index (χ0n) is 11.9. The van der Waals surface area contributed by atoms with Gasteiger partial charge in [0.25, 0.3) is 11.8 Å². The first-order valence-corrected chi connectivity index (χ1v) is 6.30. The van der Waals surface area contributed by atoms with Gasteiger partial charge in [0.15, 0.2) is 0 Å². The normalized spacial score (nSPS) is 11.8. The Kier molecular flexibility index (Phi) is 6.69. The SMILES string of the molecule is COCCNC(=O)c1ccccc1NC(=O)C(C)OC. The molecule has 1 aromatic rings. The number of nitrogens with one attached hydrogen (secondary N) is 2. The standard InChI is InChI=1S/C14H20N2O4/c1-10(20-3)13(17)16-12-7-5-4-6-11(12)14(18)15-8-9-19-2/h4-7,10H,8-9H2,1-3H3,(H,15,18)(H,16,17). The van der Waals surface area contributed by atoms with Crippen molar-refractivity contribution in [3.05, 3.63) is 29.8 Å². The fourth-order valence-corrected chi connectivity index (χ4v) is 1.49. The highest BCUT2D eigenvalue weighted by Gasteiger charge is 2.16. The summed E-state index contributed by atoms with van der Waals surface area (Å²) in [5.74, 6) is -0.562. The Labute approximate surface area is 118 Å². The molecule has 2 N–H and O–H groups in total. The van der Waals surface area contributed by atoms with E-state index in [0.717, 1.165) is 0 Å². The second-order valence-corrected chi connectivity index (χ2v) is 4.16. The van der Waals surface area contributed by atoms with Gasteiger partial charge in [-0.2, -0.15) is 0 Å². The van der Waals surface area contributed by atoms with Gasteiger partial charge in [0.1, 0.15) is 6.10 Å². The Morgan fingerprint density at radius 2 is 1.95 bits per heavy atom. The molecule has 1 aromatic carbocycles. The van der Waals surface area contributed by atoms with Crippen LogP contribution in [0.25, 0.3) is 0 Å². The van der Waals surface area contributed by atoms with Gasteiger partial charge in [-0.15, -0.1) is 0 Å². The highest BCUT2D eigenvalue weighted by molar-refractivity contribution is 6.04. The van der Waals surface area contributed by atoms with Gasteiger partial charge >= 0.3 is 0 Å². The van der Waals surface area contributed by atoms with Gasteiger partial charge in [-0.25, -0.2) is 0 Å². The minimum absolute atomic E-state index is 0.261. The van der Waals surface area contributed by atoms with E-state index >= 15 is 0 Å². The van der Waals surface area contributed by atoms with Crippen molar-refractivity contribution in [3.63, 3.8) is 0 Å². The number of para-hydroxylation sites is 1. The van der Waals surface area contributed by atoms with Crippen molar-refractivity contribution in [3.8, 4) is 0 Å². The van der Waals surface area contributed by atoms with Gasteiger partial charge in [-0.1, -0.05) is 12.1 Å². The Bertz CT molecular complexity index is 462. The highest BCUT2D eigenvalue weighted by Crippen LogP contribution is 2.15. The van der Waals surface area contributed by atoms with Crippen molar-refractivity contribution >= 4 is 17.5 Å². The van der Waals surface area contributed by atoms with Crippen LogP contribution in [-0.2, 0) is 14.3 Å². The number of ether oxygens (including phenoxy) is 2. The van der Waals surface area contributed by atoms with Crippen molar-refractivity contribution in [2.75, 3.05) is 32.7 Å². The van der Waals surface area contributed by atoms with E-state index in [1.807, 2.05) is 0 Å². The maximum Gasteiger partial charge on any atom is 0.253 e. The predicted octanol–water partition coefficient (Wildman–Crippen LogP) is 1.04. The highest BCUT2D eigenvalue weighted by atomic mass is 16.5. The van der Waals surface area contributed by atoms with E-state index in [2.05, 4.69) is 10.6 Å². The van der Waals surface area contributed by atoms with Gasteiger partial charge in [0.05, 0.1) is 17.9 Å². The van der Waals surface area contributed by atoms with Crippen LogP contribution in [-0.4, -0.2) is 45.3 Å². The summed E-state index contributed by atoms with van der Waals surface area (Å²) in [4.78, 5) is 23.8. The molecule has 0 radical (unpaired) electrons. The number of rotatable bonds is 7. The van der Waals surface area contributed by atoms with E-state index < -0.39 is 6.10 Å². The lowest BCUT2D eigenvalue weighted by Crippen LogP contribution is -2.30. The van der Waals surface area contributed by atoms with Crippen molar-refractivity contribution in [2.24, 2.45) is 0 Å². The lowest BCUT2D eigenvalue weighted by Gasteiger charge is -2.13. The smallest absolute Gasteiger partial charge is 0.253 e. The molecule has 0 bridgehead atoms. The zero-order chi connectivity index (χ0) is 15.0. The summed E-state index contributed by atoms with van der Waals surface area (Å²) in [6.45, 7) is 2.48. The Morgan fingerprint density at radius 1 is 1.25 bits per heavy atom. The van der Waals surface area contributed by atoms with Crippen LogP contribution in [0.15, 0.2) is 24.3 Å². The van der Waals surface area contributed by atoms with Crippen molar-refractivity contribution in [1.82, 2.24) is 5.32 Å². The second kappa shape index (κ2) is 8.29. The number of carbonyl (C=O) groups is 2. The van der Waals surface area contributed by atoms with Crippen LogP contribution in [0, 0.1) is 0 Å². The fourth-order valence-electron chi connectivity index (χ4n) is 1.49. The summed E-state index contributed by atoms with van der Waals surface area (Å²) in [6.07, 6.45) is -0.584. The number of benzene rings is 1. The third-order valence-corrected chi connectivity index (χ3v) is 2.74. The molecule has 0 spiro atoms. The maximum atomic E-state index is 12.0. The Balaban J connectivity index is 2.77. The number of amides is 2. The van der Waals surface area contributed by atoms with Crippen LogP contribution in [0.3, 0.4) is 0 Å². The molecule has 1 unspecified atom stereocenters. The van der Waals surface area contributed by atoms with Gasteiger partial charge < -0.3 is 20.1 Å². The van der Waals surface area contributed by atoms with E-state index in [4.69, 9.17) is 9.47 Å². The fraction of sp³-hybridized carbons (Fsp3) is 0.429. The summed E-state index contributed by atoms with van der Waals surface area (Å²) in [6, 6.07) is 6.81. The molecule has 6 heteroatoms. The minimum Gasteiger partial charge on any atom is -0.383 e. The van der Waals surface area contributed by atoms with Crippen LogP contribution in [0.4, 0.5) is 5.69 Å². The van der Waals surface area contributed by atoms with Crippen LogP contribution in [0.5, 0.6) is 0 Å². The molecule has 2 amide bonds. The van der Waals surface area contributed by atoms with Gasteiger partial charge in [-0.05, 0) is 19.1 Å². The third kappa shape index (κ3) is 4.64. The van der Waals surface area contributed by atoms with Gasteiger partial charge in [0, 0.05) is 20.8 Å². The average molecular weight is 280 g/mol. The molecule has 1 atom stereocenters. The topological polar surface area (TPSA) is 76.7 Å². The number of methoxy groups -OCH3 is 2. The van der Waals surface area contributed by atoms with E-state index in [1.54, 1.807) is 38.3 Å². The molecule has 6 nitrogen and oxygen atoms in total. The minimum atomic E-state index is -0.584. The van der Waals surface area contributed by atoms with Crippen molar-refractivity contribution in [2.45, 2.75) is 13.0 Å². The van der Waals surface area contributed by atoms with Crippen LogP contribution >= 0.6 is 0 Å². The summed E-state index contributed by atoms with van der Waals surface area (Å²) in [5, 5.41) is 5.39. The summed E-state index contributed by atoms with van der Waals surface area (Å²) < 4.78 is 9.80. The second-order valence-electron chi connectivity index (χ2n) is 4.16. The van der Waals surface area contributed by atoms with Crippen LogP contribution < -0.4 is 10.6 Å². The molecule has 20 heavy (non-hydrogen) atoms. The molecule has 0 saturated heterocycles. The van der Waals surface area contributed by atoms with Crippen LogP contribution in [0.2, 0.25) is 0 Å². The maximum absolute atomic E-state index is 12.0. The monoisotopic (exact) mass is 280 g/mol. The molecular weight excluding hydrogens is 260 g/mol. The molecule has 0 fully saturated rings. The Hall–Kier alpha value is -1.92. The third-order valence-electron chi connectivity index (χ3n) is 2.74. The molecule has 0 saturated carbocycles. The van der Waals surface area contributed by atoms with Gasteiger partial charge in [-0.3, -0.25) is 9.59 Å². The van der Waals surface area contributed by atoms with E-state index in [0.29, 0.717) is 24.4 Å². The molecule has 0 heterocycles. The van der Waals surface area contributed by atoms with E-state index in [9.17, 15) is 9.59 Å². The quantitative estimate of drug-likeness (QED) is 0.732. The number of carbonyl (C=O) groups excluding carboxylic acids is 2. The molecule has 110 valence electrons. The van der Waals surface area contributed by atoms with Crippen molar-refractivity contribution in [1.29, 1.82) is 0 Å². The first-order valence-electron chi connectivity index (χ1n) is 6.30. The number of hydrogen-bond acceptors (Lipinski definition) is 4. The van der Waals surface area contributed by atoms with Gasteiger partial charge in [0.2, 0.25) is 0 Å². The Morgan fingerprint density at radius 3 is 2.60 bits per heavy atom. The molecule has 1 rings (SSSR count). The first-order chi connectivity index (χ1) is 9.60. The zero-order valence-corrected chi connectivity index (χ0v) is 11.9. The average Bonchev–Trinajstić information content (AvgIpc) is 2.47. The van der Waals surface area contributed by atoms with Crippen molar-refractivity contribution < 1.29 is 19.1 Å². The molecule has 0 aliphatic carbocycles. The predicted molar refractivity (Wildman–Crippen MR) is 75.8 cm³/mol. The molecule has 0 aromatic heterocycles. The lowest BCUT2D eigenvalue weighted by molar-refractivity contribution is -0.124. The lowest BCUT2D eigenvalue weighted by atomic mass is 10.1. The summed E-state index contributed by atoms with van der Waals surface area (Å²) in [7, 11) is 3.01. The van der Waals surface area contributed by atoms with E-state index in [-0.39, 0.29) is 11.8 Å². The molecule has 0 aliphatic rings. The molecular formula is C14H20N2O4. The largest absolute Gasteiger partial charge is 0.383 e. The summed E-state index contributed by atoms with van der Waals surface area (Å²) >= 11 is 0. The first kappa shape index (κ1) is 16.1. The molecule has 0 aliphatic heterocycles. The van der Waals surface area contributed by atoms with E-state index in [1.165, 1.54) is 7.11 Å². The number of hydrogen-bond donors (Lipinski definition) is 2.